The van der Waals surface area contributed by atoms with Gasteiger partial charge < -0.3 is 4.74 Å². The number of amides is 1. The van der Waals surface area contributed by atoms with Crippen LogP contribution in [0.2, 0.25) is 0 Å². The van der Waals surface area contributed by atoms with Crippen molar-refractivity contribution in [2.24, 2.45) is 0 Å². The number of morpholine rings is 1. The Morgan fingerprint density at radius 2 is 1.89 bits per heavy atom. The molecule has 3 heterocycles. The fraction of sp³-hybridized carbons (Fsp3) is 0.481. The van der Waals surface area contributed by atoms with Crippen molar-refractivity contribution in [3.05, 3.63) is 53.8 Å². The van der Waals surface area contributed by atoms with Crippen molar-refractivity contribution in [3.63, 3.8) is 0 Å². The zero-order valence-corrected chi connectivity index (χ0v) is 23.1. The van der Waals surface area contributed by atoms with E-state index in [4.69, 9.17) is 4.74 Å². The minimum Gasteiger partial charge on any atom is -0.379 e. The molecule has 2 fully saturated rings. The van der Waals surface area contributed by atoms with Gasteiger partial charge in [-0.05, 0) is 62.6 Å². The Morgan fingerprint density at radius 1 is 1.13 bits per heavy atom. The molecule has 5 rings (SSSR count). The Hall–Kier alpha value is -2.44. The van der Waals surface area contributed by atoms with Gasteiger partial charge in [-0.2, -0.15) is 4.31 Å². The van der Waals surface area contributed by atoms with E-state index in [1.807, 2.05) is 6.92 Å². The smallest absolute Gasteiger partial charge is 0.260 e. The molecule has 1 unspecified atom stereocenters. The Balaban J connectivity index is 1.38. The number of fused-ring (bicyclic) bond motifs is 1. The predicted octanol–water partition coefficient (Wildman–Crippen LogP) is 4.37. The number of benzene rings is 2. The van der Waals surface area contributed by atoms with Gasteiger partial charge in [0.2, 0.25) is 10.0 Å². The normalized spacial score (nSPS) is 19.6. The van der Waals surface area contributed by atoms with Gasteiger partial charge in [0.05, 0.1) is 22.8 Å². The van der Waals surface area contributed by atoms with Gasteiger partial charge in [-0.3, -0.25) is 14.6 Å². The van der Waals surface area contributed by atoms with Crippen molar-refractivity contribution < 1.29 is 22.3 Å². The molecule has 2 aliphatic heterocycles. The summed E-state index contributed by atoms with van der Waals surface area (Å²) in [6.07, 6.45) is 3.43. The number of hydrogen-bond acceptors (Lipinski definition) is 7. The van der Waals surface area contributed by atoms with Gasteiger partial charge in [0.15, 0.2) is 5.13 Å². The van der Waals surface area contributed by atoms with Crippen LogP contribution in [0.5, 0.6) is 0 Å². The zero-order valence-electron chi connectivity index (χ0n) is 21.5. The maximum atomic E-state index is 14.4. The van der Waals surface area contributed by atoms with Crippen molar-refractivity contribution in [2.75, 3.05) is 50.8 Å². The molecule has 0 saturated carbocycles. The second kappa shape index (κ2) is 11.7. The molecule has 1 amide bonds. The van der Waals surface area contributed by atoms with Crippen molar-refractivity contribution >= 4 is 42.6 Å². The molecule has 0 bridgehead atoms. The van der Waals surface area contributed by atoms with Crippen molar-refractivity contribution in [3.8, 4) is 0 Å². The number of carbonyl (C=O) groups excluding carboxylic acids is 1. The first-order valence-electron chi connectivity index (χ1n) is 13.1. The Bertz CT molecular complexity index is 1370. The molecule has 2 saturated heterocycles. The van der Waals surface area contributed by atoms with Crippen LogP contribution in [-0.2, 0) is 14.8 Å². The van der Waals surface area contributed by atoms with E-state index in [0.29, 0.717) is 48.1 Å². The number of aromatic nitrogens is 1. The van der Waals surface area contributed by atoms with Crippen molar-refractivity contribution in [2.45, 2.75) is 43.5 Å². The molecule has 38 heavy (non-hydrogen) atoms. The number of carbonyl (C=O) groups is 1. The van der Waals surface area contributed by atoms with E-state index in [0.717, 1.165) is 38.9 Å². The van der Waals surface area contributed by atoms with Crippen molar-refractivity contribution in [1.29, 1.82) is 0 Å². The SMILES string of the molecule is CC1CCCCN1S(=O)(=O)c1ccc(C(=O)N(CCCN2CCOCC2)c2nc3c(F)cccc3s2)cc1. The molecule has 8 nitrogen and oxygen atoms in total. The third-order valence-corrected chi connectivity index (χ3v) is 10.3. The molecule has 11 heteroatoms. The first-order chi connectivity index (χ1) is 18.3. The number of para-hydroxylation sites is 1. The average Bonchev–Trinajstić information content (AvgIpc) is 3.37. The maximum Gasteiger partial charge on any atom is 0.260 e. The number of rotatable bonds is 8. The van der Waals surface area contributed by atoms with E-state index < -0.39 is 15.8 Å². The number of hydrogen-bond donors (Lipinski definition) is 0. The lowest BCUT2D eigenvalue weighted by atomic mass is 10.1. The highest BCUT2D eigenvalue weighted by Crippen LogP contribution is 2.32. The van der Waals surface area contributed by atoms with Gasteiger partial charge in [0.1, 0.15) is 11.3 Å². The van der Waals surface area contributed by atoms with E-state index in [9.17, 15) is 17.6 Å². The molecule has 2 aliphatic rings. The van der Waals surface area contributed by atoms with Crippen LogP contribution in [0.3, 0.4) is 0 Å². The highest BCUT2D eigenvalue weighted by atomic mass is 32.2. The van der Waals surface area contributed by atoms with Crippen molar-refractivity contribution in [1.82, 2.24) is 14.2 Å². The second-order valence-corrected chi connectivity index (χ2v) is 12.7. The summed E-state index contributed by atoms with van der Waals surface area (Å²) in [6.45, 7) is 6.76. The Kier molecular flexibility index (Phi) is 8.39. The van der Waals surface area contributed by atoms with Crippen LogP contribution in [-0.4, -0.2) is 80.5 Å². The maximum absolute atomic E-state index is 14.4. The third kappa shape index (κ3) is 5.76. The summed E-state index contributed by atoms with van der Waals surface area (Å²) in [5.41, 5.74) is 0.609. The van der Waals surface area contributed by atoms with Crippen LogP contribution in [0, 0.1) is 5.82 Å². The minimum atomic E-state index is -3.63. The molecule has 2 aromatic carbocycles. The first kappa shape index (κ1) is 27.1. The number of sulfonamides is 1. The van der Waals surface area contributed by atoms with Gasteiger partial charge in [0.25, 0.3) is 5.91 Å². The Morgan fingerprint density at radius 3 is 2.61 bits per heavy atom. The summed E-state index contributed by atoms with van der Waals surface area (Å²) >= 11 is 1.27. The standard InChI is InChI=1S/C27H33FN4O4S2/c1-20-6-2-3-15-32(20)38(34,35)22-11-9-21(10-12-22)26(33)31(14-5-13-30-16-18-36-19-17-30)27-29-25-23(28)7-4-8-24(25)37-27/h4,7-12,20H,2-3,5-6,13-19H2,1H3. The summed E-state index contributed by atoms with van der Waals surface area (Å²) < 4.78 is 48.5. The quantitative estimate of drug-likeness (QED) is 0.407. The summed E-state index contributed by atoms with van der Waals surface area (Å²) in [5, 5.41) is 0.427. The number of halogens is 1. The highest BCUT2D eigenvalue weighted by molar-refractivity contribution is 7.89. The average molecular weight is 561 g/mol. The van der Waals surface area contributed by atoms with E-state index in [1.165, 1.54) is 29.5 Å². The topological polar surface area (TPSA) is 83.1 Å². The monoisotopic (exact) mass is 560 g/mol. The molecule has 1 aromatic heterocycles. The largest absolute Gasteiger partial charge is 0.379 e. The number of anilines is 1. The lowest BCUT2D eigenvalue weighted by Crippen LogP contribution is -2.41. The summed E-state index contributed by atoms with van der Waals surface area (Å²) in [6, 6.07) is 10.9. The molecule has 204 valence electrons. The molecule has 0 N–H and O–H groups in total. The number of piperidine rings is 1. The number of ether oxygens (including phenoxy) is 1. The molecule has 3 aromatic rings. The summed E-state index contributed by atoms with van der Waals surface area (Å²) in [5.74, 6) is -0.714. The van der Waals surface area contributed by atoms with Gasteiger partial charge >= 0.3 is 0 Å². The lowest BCUT2D eigenvalue weighted by molar-refractivity contribution is 0.0376. The fourth-order valence-corrected chi connectivity index (χ4v) is 7.77. The van der Waals surface area contributed by atoms with Crippen LogP contribution >= 0.6 is 11.3 Å². The first-order valence-corrected chi connectivity index (χ1v) is 15.4. The minimum absolute atomic E-state index is 0.0450. The Labute approximate surface area is 227 Å². The summed E-state index contributed by atoms with van der Waals surface area (Å²) in [7, 11) is -3.63. The second-order valence-electron chi connectivity index (χ2n) is 9.83. The van der Waals surface area contributed by atoms with Crippen LogP contribution in [0.25, 0.3) is 10.2 Å². The van der Waals surface area contributed by atoms with Crippen LogP contribution in [0.15, 0.2) is 47.4 Å². The number of nitrogens with zero attached hydrogens (tertiary/aromatic N) is 4. The van der Waals surface area contributed by atoms with Crippen LogP contribution in [0.1, 0.15) is 43.0 Å². The fourth-order valence-electron chi connectivity index (χ4n) is 5.07. The zero-order chi connectivity index (χ0) is 26.7. The van der Waals surface area contributed by atoms with Crippen LogP contribution in [0.4, 0.5) is 9.52 Å². The molecule has 1 atom stereocenters. The van der Waals surface area contributed by atoms with Gasteiger partial charge in [-0.1, -0.05) is 23.8 Å². The predicted molar refractivity (Wildman–Crippen MR) is 147 cm³/mol. The molecule has 0 aliphatic carbocycles. The molecule has 0 spiro atoms. The molecular formula is C27H33FN4O4S2. The lowest BCUT2D eigenvalue weighted by Gasteiger charge is -2.32. The summed E-state index contributed by atoms with van der Waals surface area (Å²) in [4.78, 5) is 22.2. The molecule has 0 radical (unpaired) electrons. The van der Waals surface area contributed by atoms with E-state index in [1.54, 1.807) is 33.5 Å². The van der Waals surface area contributed by atoms with E-state index in [2.05, 4.69) is 9.88 Å². The van der Waals surface area contributed by atoms with E-state index >= 15 is 0 Å². The third-order valence-electron chi connectivity index (χ3n) is 7.24. The van der Waals surface area contributed by atoms with Gasteiger partial charge in [-0.15, -0.1) is 0 Å². The number of thiazole rings is 1. The van der Waals surface area contributed by atoms with E-state index in [-0.39, 0.29) is 22.4 Å². The molecular weight excluding hydrogens is 527 g/mol. The van der Waals surface area contributed by atoms with Gasteiger partial charge in [0, 0.05) is 44.3 Å². The van der Waals surface area contributed by atoms with Crippen LogP contribution < -0.4 is 4.90 Å². The highest BCUT2D eigenvalue weighted by Gasteiger charge is 2.31. The van der Waals surface area contributed by atoms with Gasteiger partial charge in [-0.25, -0.2) is 17.8 Å².